The Balaban J connectivity index is 1.76. The maximum atomic E-state index is 12.3. The Hall–Kier alpha value is -2.70. The van der Waals surface area contributed by atoms with E-state index in [1.807, 2.05) is 31.2 Å². The predicted molar refractivity (Wildman–Crippen MR) is 93.2 cm³/mol. The van der Waals surface area contributed by atoms with Crippen molar-refractivity contribution in [3.63, 3.8) is 0 Å². The maximum Gasteiger partial charge on any atom is 0.251 e. The molecule has 0 aliphatic carbocycles. The van der Waals surface area contributed by atoms with Crippen molar-refractivity contribution in [1.82, 2.24) is 15.5 Å². The van der Waals surface area contributed by atoms with Crippen LogP contribution in [0.2, 0.25) is 5.02 Å². The van der Waals surface area contributed by atoms with Crippen LogP contribution in [0.15, 0.2) is 53.1 Å². The van der Waals surface area contributed by atoms with E-state index in [1.165, 1.54) is 0 Å². The number of hydrogen-bond acceptors (Lipinski definition) is 5. The minimum Gasteiger partial charge on any atom is -0.394 e. The third kappa shape index (κ3) is 4.04. The first-order chi connectivity index (χ1) is 12.1. The molecule has 1 aromatic heterocycles. The highest BCUT2D eigenvalue weighted by molar-refractivity contribution is 6.30. The summed E-state index contributed by atoms with van der Waals surface area (Å²) >= 11 is 5.81. The van der Waals surface area contributed by atoms with Gasteiger partial charge in [0.25, 0.3) is 11.8 Å². The second-order valence-electron chi connectivity index (χ2n) is 5.54. The Labute approximate surface area is 149 Å². The van der Waals surface area contributed by atoms with Crippen molar-refractivity contribution >= 4 is 17.5 Å². The SMILES string of the molecule is Cc1ccc(-c2noc([C@H](CO)NC(=O)c3ccc(Cl)cc3)n2)cc1. The van der Waals surface area contributed by atoms with Crippen LogP contribution < -0.4 is 5.32 Å². The first kappa shape index (κ1) is 17.1. The van der Waals surface area contributed by atoms with Gasteiger partial charge in [0.2, 0.25) is 5.82 Å². The topological polar surface area (TPSA) is 88.3 Å². The molecule has 128 valence electrons. The molecule has 1 atom stereocenters. The van der Waals surface area contributed by atoms with Crippen LogP contribution >= 0.6 is 11.6 Å². The van der Waals surface area contributed by atoms with Gasteiger partial charge in [-0.15, -0.1) is 0 Å². The fourth-order valence-electron chi connectivity index (χ4n) is 2.22. The van der Waals surface area contributed by atoms with Gasteiger partial charge in [0.1, 0.15) is 6.04 Å². The Morgan fingerprint density at radius 1 is 1.20 bits per heavy atom. The Morgan fingerprint density at radius 3 is 2.52 bits per heavy atom. The van der Waals surface area contributed by atoms with Crippen LogP contribution in [0.25, 0.3) is 11.4 Å². The molecule has 0 spiro atoms. The minimum atomic E-state index is -0.796. The summed E-state index contributed by atoms with van der Waals surface area (Å²) in [7, 11) is 0. The Bertz CT molecular complexity index is 860. The van der Waals surface area contributed by atoms with Crippen molar-refractivity contribution in [3.05, 3.63) is 70.6 Å². The maximum absolute atomic E-state index is 12.3. The van der Waals surface area contributed by atoms with Gasteiger partial charge in [-0.1, -0.05) is 46.6 Å². The average Bonchev–Trinajstić information content (AvgIpc) is 3.10. The first-order valence-corrected chi connectivity index (χ1v) is 8.02. The second kappa shape index (κ2) is 7.46. The van der Waals surface area contributed by atoms with Gasteiger partial charge in [-0.3, -0.25) is 4.79 Å². The molecule has 7 heteroatoms. The lowest BCUT2D eigenvalue weighted by Gasteiger charge is -2.12. The lowest BCUT2D eigenvalue weighted by atomic mass is 10.1. The highest BCUT2D eigenvalue weighted by Gasteiger charge is 2.21. The molecule has 0 saturated carbocycles. The lowest BCUT2D eigenvalue weighted by Crippen LogP contribution is -2.31. The molecule has 2 aromatic carbocycles. The molecule has 1 heterocycles. The number of carbonyl (C=O) groups excluding carboxylic acids is 1. The van der Waals surface area contributed by atoms with Crippen LogP contribution in [-0.4, -0.2) is 27.8 Å². The number of aliphatic hydroxyl groups excluding tert-OH is 1. The fraction of sp³-hybridized carbons (Fsp3) is 0.167. The van der Waals surface area contributed by atoms with Crippen LogP contribution in [0.3, 0.4) is 0 Å². The number of benzene rings is 2. The van der Waals surface area contributed by atoms with Crippen molar-refractivity contribution in [3.8, 4) is 11.4 Å². The largest absolute Gasteiger partial charge is 0.394 e. The number of aryl methyl sites for hydroxylation is 1. The van der Waals surface area contributed by atoms with E-state index in [4.69, 9.17) is 16.1 Å². The summed E-state index contributed by atoms with van der Waals surface area (Å²) in [6.07, 6.45) is 0. The van der Waals surface area contributed by atoms with E-state index in [0.29, 0.717) is 16.4 Å². The van der Waals surface area contributed by atoms with Crippen molar-refractivity contribution in [2.24, 2.45) is 0 Å². The van der Waals surface area contributed by atoms with Gasteiger partial charge in [-0.25, -0.2) is 0 Å². The van der Waals surface area contributed by atoms with E-state index in [-0.39, 0.29) is 18.4 Å². The van der Waals surface area contributed by atoms with E-state index in [2.05, 4.69) is 15.5 Å². The summed E-state index contributed by atoms with van der Waals surface area (Å²) in [4.78, 5) is 16.5. The highest BCUT2D eigenvalue weighted by Crippen LogP contribution is 2.19. The average molecular weight is 358 g/mol. The minimum absolute atomic E-state index is 0.139. The first-order valence-electron chi connectivity index (χ1n) is 7.65. The summed E-state index contributed by atoms with van der Waals surface area (Å²) in [6.45, 7) is 1.62. The molecule has 2 N–H and O–H groups in total. The van der Waals surface area contributed by atoms with Gasteiger partial charge >= 0.3 is 0 Å². The summed E-state index contributed by atoms with van der Waals surface area (Å²) in [5.74, 6) is 0.167. The van der Waals surface area contributed by atoms with Gasteiger partial charge in [0.15, 0.2) is 0 Å². The molecular weight excluding hydrogens is 342 g/mol. The molecule has 0 bridgehead atoms. The molecule has 25 heavy (non-hydrogen) atoms. The highest BCUT2D eigenvalue weighted by atomic mass is 35.5. The lowest BCUT2D eigenvalue weighted by molar-refractivity contribution is 0.0901. The number of nitrogens with zero attached hydrogens (tertiary/aromatic N) is 2. The molecule has 0 saturated heterocycles. The number of nitrogens with one attached hydrogen (secondary N) is 1. The zero-order valence-corrected chi connectivity index (χ0v) is 14.2. The smallest absolute Gasteiger partial charge is 0.251 e. The number of aromatic nitrogens is 2. The molecule has 1 amide bonds. The number of halogens is 1. The molecule has 0 unspecified atom stereocenters. The van der Waals surface area contributed by atoms with Crippen LogP contribution in [0.4, 0.5) is 0 Å². The quantitative estimate of drug-likeness (QED) is 0.732. The van der Waals surface area contributed by atoms with Gasteiger partial charge in [0, 0.05) is 16.1 Å². The number of hydrogen-bond donors (Lipinski definition) is 2. The van der Waals surface area contributed by atoms with Crippen molar-refractivity contribution in [2.75, 3.05) is 6.61 Å². The molecule has 3 aromatic rings. The van der Waals surface area contributed by atoms with Gasteiger partial charge in [-0.05, 0) is 31.2 Å². The zero-order valence-electron chi connectivity index (χ0n) is 13.4. The molecule has 6 nitrogen and oxygen atoms in total. The molecule has 0 aliphatic rings. The molecule has 0 aliphatic heterocycles. The van der Waals surface area contributed by atoms with E-state index < -0.39 is 6.04 Å². The van der Waals surface area contributed by atoms with Crippen LogP contribution in [0, 0.1) is 6.92 Å². The van der Waals surface area contributed by atoms with Gasteiger partial charge in [-0.2, -0.15) is 4.98 Å². The zero-order chi connectivity index (χ0) is 17.8. The van der Waals surface area contributed by atoms with Gasteiger partial charge < -0.3 is 14.9 Å². The third-order valence-corrected chi connectivity index (χ3v) is 3.90. The number of amides is 1. The molecule has 0 radical (unpaired) electrons. The van der Waals surface area contributed by atoms with Crippen molar-refractivity contribution in [1.29, 1.82) is 0 Å². The van der Waals surface area contributed by atoms with Crippen molar-refractivity contribution in [2.45, 2.75) is 13.0 Å². The second-order valence-corrected chi connectivity index (χ2v) is 5.97. The van der Waals surface area contributed by atoms with E-state index in [9.17, 15) is 9.90 Å². The standard InChI is InChI=1S/C18H16ClN3O3/c1-11-2-4-12(5-3-11)16-21-18(25-22-16)15(10-23)20-17(24)13-6-8-14(19)9-7-13/h2-9,15,23H,10H2,1H3,(H,20,24)/t15-/m0/s1. The molecule has 0 fully saturated rings. The van der Waals surface area contributed by atoms with E-state index >= 15 is 0 Å². The summed E-state index contributed by atoms with van der Waals surface area (Å²) in [6, 6.07) is 13.3. The Kier molecular flexibility index (Phi) is 5.11. The van der Waals surface area contributed by atoms with Crippen molar-refractivity contribution < 1.29 is 14.4 Å². The molecule has 3 rings (SSSR count). The van der Waals surface area contributed by atoms with Crippen LogP contribution in [0.1, 0.15) is 27.9 Å². The number of aliphatic hydroxyl groups is 1. The number of carbonyl (C=O) groups is 1. The number of rotatable bonds is 5. The Morgan fingerprint density at radius 2 is 1.88 bits per heavy atom. The predicted octanol–water partition coefficient (Wildman–Crippen LogP) is 3.16. The molecular formula is C18H16ClN3O3. The summed E-state index contributed by atoms with van der Waals surface area (Å²) in [5.41, 5.74) is 2.33. The van der Waals surface area contributed by atoms with E-state index in [0.717, 1.165) is 11.1 Å². The summed E-state index contributed by atoms with van der Waals surface area (Å²) < 4.78 is 5.20. The van der Waals surface area contributed by atoms with E-state index in [1.54, 1.807) is 24.3 Å². The van der Waals surface area contributed by atoms with Crippen LogP contribution in [0.5, 0.6) is 0 Å². The van der Waals surface area contributed by atoms with Gasteiger partial charge in [0.05, 0.1) is 6.61 Å². The summed E-state index contributed by atoms with van der Waals surface area (Å²) in [5, 5.41) is 16.7. The van der Waals surface area contributed by atoms with Crippen LogP contribution in [-0.2, 0) is 0 Å². The normalized spacial score (nSPS) is 12.0. The third-order valence-electron chi connectivity index (χ3n) is 3.64. The fourth-order valence-corrected chi connectivity index (χ4v) is 2.35. The monoisotopic (exact) mass is 357 g/mol.